The predicted octanol–water partition coefficient (Wildman–Crippen LogP) is 10.3. The van der Waals surface area contributed by atoms with Gasteiger partial charge >= 0.3 is 15.6 Å². The topological polar surface area (TPSA) is 121 Å². The molecule has 0 aromatic heterocycles. The average Bonchev–Trinajstić information content (AvgIpc) is 3.07. The molecule has 47 heavy (non-hydrogen) atoms. The van der Waals surface area contributed by atoms with Gasteiger partial charge in [0.25, 0.3) is 0 Å². The highest BCUT2D eigenvalue weighted by molar-refractivity contribution is 7.63. The minimum atomic E-state index is -4.57. The zero-order valence-electron chi connectivity index (χ0n) is 25.0. The maximum absolute atomic E-state index is 13.7. The van der Waals surface area contributed by atoms with Crippen LogP contribution in [0, 0.1) is 0 Å². The monoisotopic (exact) mass is 670 g/mol. The van der Waals surface area contributed by atoms with E-state index < -0.39 is 15.6 Å². The molecule has 0 bridgehead atoms. The van der Waals surface area contributed by atoms with Gasteiger partial charge < -0.3 is 28.3 Å². The van der Waals surface area contributed by atoms with E-state index in [1.54, 1.807) is 170 Å². The van der Waals surface area contributed by atoms with Crippen LogP contribution in [0.3, 0.4) is 0 Å². The molecule has 6 rings (SSSR count). The van der Waals surface area contributed by atoms with Crippen LogP contribution < -0.4 is 18.1 Å². The molecular formula is C36H32O9P2. The molecule has 0 amide bonds. The van der Waals surface area contributed by atoms with Crippen LogP contribution in [0.2, 0.25) is 0 Å². The average molecular weight is 671 g/mol. The normalized spacial score (nSPS) is 10.6. The molecule has 11 heteroatoms. The number of phosphoric ester groups is 2. The summed E-state index contributed by atoms with van der Waals surface area (Å²) in [4.78, 5) is 0. The number of phenolic OH excluding ortho intramolecular Hbond substituents is 2. The Morgan fingerprint density at radius 2 is 0.511 bits per heavy atom. The minimum Gasteiger partial charge on any atom is -0.508 e. The van der Waals surface area contributed by atoms with E-state index in [1.807, 2.05) is 12.1 Å². The van der Waals surface area contributed by atoms with Gasteiger partial charge in [0.1, 0.15) is 34.5 Å². The molecule has 240 valence electrons. The molecule has 9 nitrogen and oxygen atoms in total. The summed E-state index contributed by atoms with van der Waals surface area (Å²) in [5.74, 6) is 1.38. The fourth-order valence-electron chi connectivity index (χ4n) is 3.52. The van der Waals surface area contributed by atoms with Crippen molar-refractivity contribution in [1.82, 2.24) is 0 Å². The van der Waals surface area contributed by atoms with Crippen LogP contribution >= 0.6 is 15.6 Å². The molecule has 0 fully saturated rings. The first-order valence-corrected chi connectivity index (χ1v) is 17.1. The highest BCUT2D eigenvalue weighted by atomic mass is 31.3. The molecule has 2 N–H and O–H groups in total. The van der Waals surface area contributed by atoms with Crippen molar-refractivity contribution in [2.75, 3.05) is 0 Å². The highest BCUT2D eigenvalue weighted by Gasteiger charge is 2.46. The molecule has 0 aliphatic carbocycles. The SMILES string of the molecule is O=P(Oc1ccccc1)(Oc1ccccc1)OP(=O)(Oc1ccccc1)Oc1ccccc1.Oc1ccccc1.Oc1ccccc1. The van der Waals surface area contributed by atoms with Gasteiger partial charge in [-0.3, -0.25) is 0 Å². The van der Waals surface area contributed by atoms with E-state index in [4.69, 9.17) is 32.6 Å². The number of para-hydroxylation sites is 6. The van der Waals surface area contributed by atoms with Gasteiger partial charge in [-0.1, -0.05) is 109 Å². The first-order chi connectivity index (χ1) is 22.8. The van der Waals surface area contributed by atoms with Gasteiger partial charge in [-0.25, -0.2) is 9.13 Å². The quantitative estimate of drug-likeness (QED) is 0.137. The minimum absolute atomic E-state index is 0.183. The van der Waals surface area contributed by atoms with Gasteiger partial charge in [0, 0.05) is 0 Å². The van der Waals surface area contributed by atoms with Crippen molar-refractivity contribution >= 4 is 15.6 Å². The fourth-order valence-corrected chi connectivity index (χ4v) is 6.63. The van der Waals surface area contributed by atoms with E-state index in [-0.39, 0.29) is 23.0 Å². The molecule has 0 saturated carbocycles. The molecule has 0 radical (unpaired) electrons. The maximum atomic E-state index is 13.7. The van der Waals surface area contributed by atoms with E-state index in [2.05, 4.69) is 0 Å². The number of benzene rings is 6. The summed E-state index contributed by atoms with van der Waals surface area (Å²) in [6.45, 7) is 0. The molecule has 0 aliphatic rings. The van der Waals surface area contributed by atoms with Crippen LogP contribution in [0.5, 0.6) is 34.5 Å². The molecule has 0 aliphatic heterocycles. The van der Waals surface area contributed by atoms with Gasteiger partial charge in [-0.15, -0.1) is 4.31 Å². The zero-order chi connectivity index (χ0) is 33.2. The summed E-state index contributed by atoms with van der Waals surface area (Å²) in [5.41, 5.74) is 0. The maximum Gasteiger partial charge on any atom is 0.598 e. The van der Waals surface area contributed by atoms with Crippen molar-refractivity contribution in [2.24, 2.45) is 0 Å². The van der Waals surface area contributed by atoms with E-state index >= 15 is 0 Å². The summed E-state index contributed by atoms with van der Waals surface area (Å²) in [6, 6.07) is 50.4. The van der Waals surface area contributed by atoms with Gasteiger partial charge in [-0.2, -0.15) is 0 Å². The van der Waals surface area contributed by atoms with Crippen LogP contribution in [0.1, 0.15) is 0 Å². The summed E-state index contributed by atoms with van der Waals surface area (Å²) >= 11 is 0. The number of aromatic hydroxyl groups is 2. The Bertz CT molecular complexity index is 1590. The van der Waals surface area contributed by atoms with Crippen molar-refractivity contribution in [1.29, 1.82) is 0 Å². The first-order valence-electron chi connectivity index (χ1n) is 14.2. The standard InChI is InChI=1S/C24H20O7P2.2C6H6O/c25-32(27-21-13-5-1-6-14-21,28-22-15-7-2-8-16-22)31-33(26,29-23-17-9-3-10-18-23)30-24-19-11-4-12-20-24;2*7-6-4-2-1-3-5-6/h1-20H;2*1-5,7H. The van der Waals surface area contributed by atoms with Crippen molar-refractivity contribution in [3.05, 3.63) is 182 Å². The number of phenols is 2. The van der Waals surface area contributed by atoms with Crippen molar-refractivity contribution < 1.29 is 41.7 Å². The van der Waals surface area contributed by atoms with Gasteiger partial charge in [0.05, 0.1) is 0 Å². The van der Waals surface area contributed by atoms with E-state index in [0.29, 0.717) is 11.5 Å². The molecule has 0 heterocycles. The lowest BCUT2D eigenvalue weighted by atomic mass is 10.3. The molecular weight excluding hydrogens is 638 g/mol. The van der Waals surface area contributed by atoms with Gasteiger partial charge in [0.15, 0.2) is 0 Å². The third kappa shape index (κ3) is 12.8. The Morgan fingerprint density at radius 3 is 0.681 bits per heavy atom. The van der Waals surface area contributed by atoms with E-state index in [0.717, 1.165) is 0 Å². The molecule has 0 unspecified atom stereocenters. The van der Waals surface area contributed by atoms with E-state index in [9.17, 15) is 9.13 Å². The Hall–Kier alpha value is -5.46. The van der Waals surface area contributed by atoms with Crippen LogP contribution in [0.4, 0.5) is 0 Å². The Morgan fingerprint density at radius 1 is 0.319 bits per heavy atom. The van der Waals surface area contributed by atoms with Crippen LogP contribution in [0.15, 0.2) is 182 Å². The second-order valence-corrected chi connectivity index (χ2v) is 12.4. The predicted molar refractivity (Wildman–Crippen MR) is 181 cm³/mol. The third-order valence-corrected chi connectivity index (χ3v) is 8.89. The highest BCUT2D eigenvalue weighted by Crippen LogP contribution is 2.64. The molecule has 6 aromatic carbocycles. The van der Waals surface area contributed by atoms with Gasteiger partial charge in [0.2, 0.25) is 0 Å². The lowest BCUT2D eigenvalue weighted by Gasteiger charge is -2.23. The summed E-state index contributed by atoms with van der Waals surface area (Å²) < 4.78 is 55.2. The summed E-state index contributed by atoms with van der Waals surface area (Å²) in [5, 5.41) is 17.3. The number of phosphoric acid groups is 2. The molecule has 6 aromatic rings. The molecule has 0 saturated heterocycles. The van der Waals surface area contributed by atoms with Crippen molar-refractivity contribution in [3.8, 4) is 34.5 Å². The van der Waals surface area contributed by atoms with E-state index in [1.165, 1.54) is 0 Å². The van der Waals surface area contributed by atoms with Crippen LogP contribution in [-0.4, -0.2) is 10.2 Å². The van der Waals surface area contributed by atoms with Gasteiger partial charge in [-0.05, 0) is 72.8 Å². The first kappa shape index (κ1) is 34.4. The number of hydrogen-bond acceptors (Lipinski definition) is 9. The zero-order valence-corrected chi connectivity index (χ0v) is 26.8. The second kappa shape index (κ2) is 17.9. The lowest BCUT2D eigenvalue weighted by Crippen LogP contribution is -2.10. The fraction of sp³-hybridized carbons (Fsp3) is 0. The third-order valence-electron chi connectivity index (χ3n) is 5.55. The smallest absolute Gasteiger partial charge is 0.508 e. The lowest BCUT2D eigenvalue weighted by molar-refractivity contribution is 0.243. The summed E-state index contributed by atoms with van der Waals surface area (Å²) in [6.07, 6.45) is 0. The Labute approximate surface area is 273 Å². The summed E-state index contributed by atoms with van der Waals surface area (Å²) in [7, 11) is -9.14. The van der Waals surface area contributed by atoms with Crippen molar-refractivity contribution in [3.63, 3.8) is 0 Å². The van der Waals surface area contributed by atoms with Crippen molar-refractivity contribution in [2.45, 2.75) is 0 Å². The second-order valence-electron chi connectivity index (χ2n) is 9.26. The number of hydrogen-bond donors (Lipinski definition) is 2. The Balaban J connectivity index is 0.000000292. The largest absolute Gasteiger partial charge is 0.598 e. The number of rotatable bonds is 10. The molecule has 0 spiro atoms. The Kier molecular flexibility index (Phi) is 13.1. The molecule has 0 atom stereocenters. The van der Waals surface area contributed by atoms with Crippen LogP contribution in [0.25, 0.3) is 0 Å². The van der Waals surface area contributed by atoms with Crippen LogP contribution in [-0.2, 0) is 13.4 Å².